The smallest absolute Gasteiger partial charge is 0.228 e. The van der Waals surface area contributed by atoms with Crippen LogP contribution in [-0.4, -0.2) is 63.8 Å². The summed E-state index contributed by atoms with van der Waals surface area (Å²) in [4.78, 5) is 0. The van der Waals surface area contributed by atoms with Gasteiger partial charge in [-0.3, -0.25) is 0 Å². The van der Waals surface area contributed by atoms with E-state index in [1.54, 1.807) is 0 Å². The van der Waals surface area contributed by atoms with Gasteiger partial charge < -0.3 is 23.7 Å². The Hall–Kier alpha value is -0.270. The van der Waals surface area contributed by atoms with Gasteiger partial charge in [-0.1, -0.05) is 53.4 Å². The number of rotatable bonds is 17. The van der Waals surface area contributed by atoms with Crippen LogP contribution in [0.3, 0.4) is 0 Å². The highest BCUT2D eigenvalue weighted by Gasteiger charge is 2.48. The van der Waals surface area contributed by atoms with E-state index in [1.807, 2.05) is 0 Å². The molecule has 2 unspecified atom stereocenters. The second-order valence-corrected chi connectivity index (χ2v) is 7.52. The number of halogens is 1. The third kappa shape index (κ3) is 9.49. The van der Waals surface area contributed by atoms with Crippen molar-refractivity contribution >= 4 is 0 Å². The predicted molar refractivity (Wildman–Crippen MR) is 109 cm³/mol. The molecular formula is C22H43FO5. The fourth-order valence-electron chi connectivity index (χ4n) is 3.10. The Labute approximate surface area is 171 Å². The van der Waals surface area contributed by atoms with Crippen molar-refractivity contribution in [2.75, 3.05) is 33.0 Å². The van der Waals surface area contributed by atoms with Crippen molar-refractivity contribution in [2.45, 2.75) is 110 Å². The Bertz CT molecular complexity index is 358. The molecule has 0 spiro atoms. The molecule has 0 amide bonds. The van der Waals surface area contributed by atoms with Gasteiger partial charge in [-0.05, 0) is 25.7 Å². The van der Waals surface area contributed by atoms with Crippen molar-refractivity contribution < 1.29 is 28.1 Å². The van der Waals surface area contributed by atoms with Gasteiger partial charge in [-0.2, -0.15) is 0 Å². The van der Waals surface area contributed by atoms with Gasteiger partial charge in [0, 0.05) is 26.4 Å². The Morgan fingerprint density at radius 1 is 0.643 bits per heavy atom. The SMILES string of the molecule is CCCCOC[C@H]1OC(F)[C@H](OCCCC)C(OCCCC)[C@@H]1OCCCC. The molecule has 0 bridgehead atoms. The molecule has 0 aromatic rings. The van der Waals surface area contributed by atoms with E-state index in [4.69, 9.17) is 23.7 Å². The highest BCUT2D eigenvalue weighted by molar-refractivity contribution is 4.92. The highest BCUT2D eigenvalue weighted by Crippen LogP contribution is 2.30. The van der Waals surface area contributed by atoms with E-state index in [2.05, 4.69) is 27.7 Å². The zero-order valence-electron chi connectivity index (χ0n) is 18.5. The van der Waals surface area contributed by atoms with Crippen LogP contribution in [0, 0.1) is 0 Å². The fraction of sp³-hybridized carbons (Fsp3) is 1.00. The highest BCUT2D eigenvalue weighted by atomic mass is 19.1. The third-order valence-corrected chi connectivity index (χ3v) is 4.93. The van der Waals surface area contributed by atoms with E-state index in [1.165, 1.54) is 0 Å². The Kier molecular flexibility index (Phi) is 15.2. The Morgan fingerprint density at radius 2 is 1.11 bits per heavy atom. The van der Waals surface area contributed by atoms with E-state index in [9.17, 15) is 4.39 Å². The van der Waals surface area contributed by atoms with E-state index in [-0.39, 0.29) is 6.10 Å². The molecule has 1 fully saturated rings. The summed E-state index contributed by atoms with van der Waals surface area (Å²) in [6.45, 7) is 11.1. The van der Waals surface area contributed by atoms with Crippen molar-refractivity contribution in [1.29, 1.82) is 0 Å². The first-order valence-corrected chi connectivity index (χ1v) is 11.4. The lowest BCUT2D eigenvalue weighted by atomic mass is 9.98. The zero-order valence-corrected chi connectivity index (χ0v) is 18.5. The lowest BCUT2D eigenvalue weighted by Crippen LogP contribution is -2.60. The molecule has 168 valence electrons. The van der Waals surface area contributed by atoms with E-state index in [0.29, 0.717) is 33.0 Å². The van der Waals surface area contributed by atoms with Gasteiger partial charge in [-0.15, -0.1) is 0 Å². The van der Waals surface area contributed by atoms with Gasteiger partial charge in [0.25, 0.3) is 0 Å². The van der Waals surface area contributed by atoms with Gasteiger partial charge in [0.1, 0.15) is 24.4 Å². The minimum atomic E-state index is -1.53. The molecule has 1 saturated heterocycles. The van der Waals surface area contributed by atoms with E-state index in [0.717, 1.165) is 51.4 Å². The van der Waals surface area contributed by atoms with Crippen LogP contribution in [0.15, 0.2) is 0 Å². The monoisotopic (exact) mass is 406 g/mol. The molecule has 1 heterocycles. The van der Waals surface area contributed by atoms with Crippen molar-refractivity contribution in [3.8, 4) is 0 Å². The Morgan fingerprint density at radius 3 is 1.64 bits per heavy atom. The summed E-state index contributed by atoms with van der Waals surface area (Å²) in [6.07, 6.45) is 4.20. The molecule has 6 heteroatoms. The second kappa shape index (κ2) is 16.5. The molecule has 0 radical (unpaired) electrons. The number of ether oxygens (including phenoxy) is 5. The number of hydrogen-bond donors (Lipinski definition) is 0. The molecule has 0 aliphatic carbocycles. The molecule has 28 heavy (non-hydrogen) atoms. The summed E-state index contributed by atoms with van der Waals surface area (Å²) in [5, 5.41) is 0. The first kappa shape index (κ1) is 25.8. The second-order valence-electron chi connectivity index (χ2n) is 7.52. The maximum absolute atomic E-state index is 14.9. The molecule has 0 aromatic carbocycles. The van der Waals surface area contributed by atoms with Gasteiger partial charge in [0.2, 0.25) is 6.36 Å². The quantitative estimate of drug-likeness (QED) is 0.316. The summed E-state index contributed by atoms with van der Waals surface area (Å²) in [5.41, 5.74) is 0. The van der Waals surface area contributed by atoms with Crippen LogP contribution in [0.25, 0.3) is 0 Å². The first-order valence-electron chi connectivity index (χ1n) is 11.4. The molecule has 1 rings (SSSR count). The summed E-state index contributed by atoms with van der Waals surface area (Å²) < 4.78 is 44.4. The molecule has 0 N–H and O–H groups in total. The summed E-state index contributed by atoms with van der Waals surface area (Å²) in [5.74, 6) is 0. The normalized spacial score (nSPS) is 28.0. The van der Waals surface area contributed by atoms with Gasteiger partial charge in [0.15, 0.2) is 0 Å². The van der Waals surface area contributed by atoms with Crippen molar-refractivity contribution in [1.82, 2.24) is 0 Å². The van der Waals surface area contributed by atoms with Crippen molar-refractivity contribution in [3.05, 3.63) is 0 Å². The van der Waals surface area contributed by atoms with Crippen LogP contribution in [0.5, 0.6) is 0 Å². The number of hydrogen-bond acceptors (Lipinski definition) is 5. The number of unbranched alkanes of at least 4 members (excludes halogenated alkanes) is 4. The maximum Gasteiger partial charge on any atom is 0.228 e. The van der Waals surface area contributed by atoms with Crippen LogP contribution >= 0.6 is 0 Å². The van der Waals surface area contributed by atoms with Gasteiger partial charge in [0.05, 0.1) is 6.61 Å². The van der Waals surface area contributed by atoms with Crippen LogP contribution in [0.1, 0.15) is 79.1 Å². The van der Waals surface area contributed by atoms with Gasteiger partial charge in [-0.25, -0.2) is 4.39 Å². The molecular weight excluding hydrogens is 363 g/mol. The fourth-order valence-corrected chi connectivity index (χ4v) is 3.10. The molecule has 5 nitrogen and oxygen atoms in total. The lowest BCUT2D eigenvalue weighted by molar-refractivity contribution is -0.293. The lowest BCUT2D eigenvalue weighted by Gasteiger charge is -2.43. The van der Waals surface area contributed by atoms with E-state index < -0.39 is 24.7 Å². The molecule has 0 saturated carbocycles. The molecule has 1 aliphatic rings. The van der Waals surface area contributed by atoms with Crippen LogP contribution in [0.4, 0.5) is 4.39 Å². The average molecular weight is 407 g/mol. The summed E-state index contributed by atoms with van der Waals surface area (Å²) in [7, 11) is 0. The van der Waals surface area contributed by atoms with E-state index >= 15 is 0 Å². The molecule has 1 aliphatic heterocycles. The zero-order chi connectivity index (χ0) is 20.6. The minimum Gasteiger partial charge on any atom is -0.379 e. The number of alkyl halides is 1. The molecule has 0 aromatic heterocycles. The average Bonchev–Trinajstić information content (AvgIpc) is 2.69. The summed E-state index contributed by atoms with van der Waals surface area (Å²) >= 11 is 0. The summed E-state index contributed by atoms with van der Waals surface area (Å²) in [6, 6.07) is 0. The topological polar surface area (TPSA) is 46.2 Å². The van der Waals surface area contributed by atoms with Crippen LogP contribution in [0.2, 0.25) is 0 Å². The maximum atomic E-state index is 14.9. The van der Waals surface area contributed by atoms with Crippen LogP contribution < -0.4 is 0 Å². The largest absolute Gasteiger partial charge is 0.379 e. The minimum absolute atomic E-state index is 0.312. The first-order chi connectivity index (χ1) is 13.7. The standard InChI is InChI=1S/C22H43FO5/c1-5-9-13-24-17-18-19(25-14-10-6-2)20(26-15-11-7-3)21(22(23)28-18)27-16-12-8-4/h18-22H,5-17H2,1-4H3/t18-,19-,20?,21-,22?/m1/s1. The van der Waals surface area contributed by atoms with Crippen molar-refractivity contribution in [2.24, 2.45) is 0 Å². The van der Waals surface area contributed by atoms with Crippen LogP contribution in [-0.2, 0) is 23.7 Å². The predicted octanol–water partition coefficient (Wildman–Crippen LogP) is 5.05. The van der Waals surface area contributed by atoms with Crippen molar-refractivity contribution in [3.63, 3.8) is 0 Å². The molecule has 5 atom stereocenters. The van der Waals surface area contributed by atoms with Gasteiger partial charge >= 0.3 is 0 Å². The Balaban J connectivity index is 2.84. The third-order valence-electron chi connectivity index (χ3n) is 4.93.